The molecule has 1 N–H and O–H groups in total. The molecule has 1 aromatic carbocycles. The summed E-state index contributed by atoms with van der Waals surface area (Å²) >= 11 is 0. The molecule has 0 fully saturated rings. The van der Waals surface area contributed by atoms with Crippen molar-refractivity contribution in [2.75, 3.05) is 0 Å². The summed E-state index contributed by atoms with van der Waals surface area (Å²) in [6.45, 7) is 8.63. The van der Waals surface area contributed by atoms with Gasteiger partial charge in [-0.1, -0.05) is 62.8 Å². The van der Waals surface area contributed by atoms with E-state index >= 15 is 0 Å². The third kappa shape index (κ3) is 4.57. The molecular weight excluding hydrogens is 284 g/mol. The van der Waals surface area contributed by atoms with E-state index in [0.717, 1.165) is 11.1 Å². The Labute approximate surface area is 139 Å². The molecule has 2 nitrogen and oxygen atoms in total. The molecule has 2 heteroatoms. The molecule has 0 saturated heterocycles. The lowest BCUT2D eigenvalue weighted by atomic mass is 9.72. The number of benzene rings is 1. The Bertz CT molecular complexity index is 635. The predicted octanol–water partition coefficient (Wildman–Crippen LogP) is 5.49. The molecule has 1 atom stereocenters. The Balaban J connectivity index is 2.18. The molecule has 0 saturated carbocycles. The lowest BCUT2D eigenvalue weighted by Gasteiger charge is -2.32. The van der Waals surface area contributed by atoms with Crippen LogP contribution in [0.1, 0.15) is 58.1 Å². The Kier molecular flexibility index (Phi) is 5.46. The van der Waals surface area contributed by atoms with Gasteiger partial charge in [0, 0.05) is 0 Å². The second kappa shape index (κ2) is 7.16. The van der Waals surface area contributed by atoms with Crippen molar-refractivity contribution in [1.82, 2.24) is 0 Å². The van der Waals surface area contributed by atoms with E-state index in [9.17, 15) is 4.79 Å². The van der Waals surface area contributed by atoms with Crippen molar-refractivity contribution in [3.63, 3.8) is 0 Å². The van der Waals surface area contributed by atoms with E-state index in [2.05, 4.69) is 45.1 Å². The van der Waals surface area contributed by atoms with Crippen LogP contribution in [0.15, 0.2) is 41.5 Å². The highest BCUT2D eigenvalue weighted by Gasteiger charge is 2.26. The SMILES string of the molecule is CC1=C(/C=C/c2cccc(CC(C)C(=O)O)c2)C(C)(C)CCC1. The Morgan fingerprint density at radius 2 is 2.09 bits per heavy atom. The highest BCUT2D eigenvalue weighted by molar-refractivity contribution is 5.70. The first kappa shape index (κ1) is 17.5. The van der Waals surface area contributed by atoms with Crippen LogP contribution >= 0.6 is 0 Å². The van der Waals surface area contributed by atoms with Crippen LogP contribution in [-0.2, 0) is 11.2 Å². The van der Waals surface area contributed by atoms with Gasteiger partial charge in [0.25, 0.3) is 0 Å². The first-order chi connectivity index (χ1) is 10.8. The third-order valence-corrected chi connectivity index (χ3v) is 4.90. The number of allylic oxidation sites excluding steroid dienone is 3. The van der Waals surface area contributed by atoms with Gasteiger partial charge >= 0.3 is 5.97 Å². The van der Waals surface area contributed by atoms with Crippen molar-refractivity contribution in [3.8, 4) is 0 Å². The fraction of sp³-hybridized carbons (Fsp3) is 0.476. The minimum absolute atomic E-state index is 0.244. The summed E-state index contributed by atoms with van der Waals surface area (Å²) in [6.07, 6.45) is 8.71. The van der Waals surface area contributed by atoms with Crippen molar-refractivity contribution < 1.29 is 9.90 Å². The molecule has 1 aliphatic carbocycles. The molecule has 0 aromatic heterocycles. The molecule has 23 heavy (non-hydrogen) atoms. The number of rotatable bonds is 5. The summed E-state index contributed by atoms with van der Waals surface area (Å²) in [7, 11) is 0. The van der Waals surface area contributed by atoms with Crippen molar-refractivity contribution in [2.45, 2.75) is 53.4 Å². The molecule has 0 heterocycles. The fourth-order valence-electron chi connectivity index (χ4n) is 3.45. The maximum atomic E-state index is 11.0. The second-order valence-electron chi connectivity index (χ2n) is 7.45. The van der Waals surface area contributed by atoms with E-state index in [1.54, 1.807) is 6.92 Å². The smallest absolute Gasteiger partial charge is 0.306 e. The van der Waals surface area contributed by atoms with Crippen LogP contribution in [-0.4, -0.2) is 11.1 Å². The topological polar surface area (TPSA) is 37.3 Å². The molecule has 0 aliphatic heterocycles. The second-order valence-corrected chi connectivity index (χ2v) is 7.45. The molecule has 2 rings (SSSR count). The van der Waals surface area contributed by atoms with Crippen LogP contribution in [0, 0.1) is 11.3 Å². The normalized spacial score (nSPS) is 19.1. The van der Waals surface area contributed by atoms with Crippen molar-refractivity contribution in [3.05, 3.63) is 52.6 Å². The van der Waals surface area contributed by atoms with Crippen molar-refractivity contribution >= 4 is 12.0 Å². The van der Waals surface area contributed by atoms with Crippen LogP contribution in [0.25, 0.3) is 6.08 Å². The maximum Gasteiger partial charge on any atom is 0.306 e. The first-order valence-electron chi connectivity index (χ1n) is 8.49. The molecule has 0 radical (unpaired) electrons. The van der Waals surface area contributed by atoms with E-state index in [4.69, 9.17) is 5.11 Å². The zero-order valence-corrected chi connectivity index (χ0v) is 14.7. The molecular formula is C21H28O2. The monoisotopic (exact) mass is 312 g/mol. The molecule has 1 aromatic rings. The van der Waals surface area contributed by atoms with Gasteiger partial charge in [-0.2, -0.15) is 0 Å². The number of hydrogen-bond donors (Lipinski definition) is 1. The molecule has 1 unspecified atom stereocenters. The van der Waals surface area contributed by atoms with Crippen LogP contribution in [0.5, 0.6) is 0 Å². The molecule has 0 spiro atoms. The average Bonchev–Trinajstić information content (AvgIpc) is 2.46. The molecule has 0 bridgehead atoms. The lowest BCUT2D eigenvalue weighted by Crippen LogP contribution is -2.18. The number of carboxylic acid groups (broad SMARTS) is 1. The minimum atomic E-state index is -0.740. The van der Waals surface area contributed by atoms with Gasteiger partial charge in [-0.15, -0.1) is 0 Å². The Morgan fingerprint density at radius 3 is 2.74 bits per heavy atom. The van der Waals surface area contributed by atoms with Crippen LogP contribution in [0.3, 0.4) is 0 Å². The molecule has 1 aliphatic rings. The lowest BCUT2D eigenvalue weighted by molar-refractivity contribution is -0.141. The van der Waals surface area contributed by atoms with E-state index in [-0.39, 0.29) is 11.3 Å². The summed E-state index contributed by atoms with van der Waals surface area (Å²) < 4.78 is 0. The summed E-state index contributed by atoms with van der Waals surface area (Å²) in [5.41, 5.74) is 5.41. The van der Waals surface area contributed by atoms with Crippen LogP contribution in [0.4, 0.5) is 0 Å². The van der Waals surface area contributed by atoms with Gasteiger partial charge in [-0.3, -0.25) is 4.79 Å². The van der Waals surface area contributed by atoms with Gasteiger partial charge in [-0.05, 0) is 54.7 Å². The van der Waals surface area contributed by atoms with E-state index < -0.39 is 5.97 Å². The average molecular weight is 312 g/mol. The molecule has 0 amide bonds. The number of hydrogen-bond acceptors (Lipinski definition) is 1. The minimum Gasteiger partial charge on any atom is -0.481 e. The number of carbonyl (C=O) groups is 1. The summed E-state index contributed by atoms with van der Waals surface area (Å²) in [6, 6.07) is 8.20. The van der Waals surface area contributed by atoms with Gasteiger partial charge in [-0.25, -0.2) is 0 Å². The van der Waals surface area contributed by atoms with E-state index in [1.807, 2.05) is 12.1 Å². The van der Waals surface area contributed by atoms with Gasteiger partial charge in [0.2, 0.25) is 0 Å². The highest BCUT2D eigenvalue weighted by atomic mass is 16.4. The van der Waals surface area contributed by atoms with Gasteiger partial charge in [0.1, 0.15) is 0 Å². The zero-order valence-electron chi connectivity index (χ0n) is 14.7. The van der Waals surface area contributed by atoms with Crippen LogP contribution < -0.4 is 0 Å². The standard InChI is InChI=1S/C21H28O2/c1-15-7-6-12-21(3,4)19(15)11-10-17-8-5-9-18(14-17)13-16(2)20(22)23/h5,8-11,14,16H,6-7,12-13H2,1-4H3,(H,22,23)/b11-10+. The van der Waals surface area contributed by atoms with Gasteiger partial charge in [0.05, 0.1) is 5.92 Å². The Hall–Kier alpha value is -1.83. The number of aliphatic carboxylic acids is 1. The van der Waals surface area contributed by atoms with Gasteiger partial charge in [0.15, 0.2) is 0 Å². The Morgan fingerprint density at radius 1 is 1.35 bits per heavy atom. The van der Waals surface area contributed by atoms with Crippen molar-refractivity contribution in [2.24, 2.45) is 11.3 Å². The van der Waals surface area contributed by atoms with E-state index in [0.29, 0.717) is 6.42 Å². The largest absolute Gasteiger partial charge is 0.481 e. The quantitative estimate of drug-likeness (QED) is 0.780. The summed E-state index contributed by atoms with van der Waals surface area (Å²) in [4.78, 5) is 11.0. The van der Waals surface area contributed by atoms with Crippen molar-refractivity contribution in [1.29, 1.82) is 0 Å². The summed E-state index contributed by atoms with van der Waals surface area (Å²) in [5, 5.41) is 9.05. The predicted molar refractivity (Wildman–Crippen MR) is 96.3 cm³/mol. The zero-order chi connectivity index (χ0) is 17.0. The first-order valence-corrected chi connectivity index (χ1v) is 8.49. The molecule has 124 valence electrons. The highest BCUT2D eigenvalue weighted by Crippen LogP contribution is 2.40. The van der Waals surface area contributed by atoms with Crippen LogP contribution in [0.2, 0.25) is 0 Å². The summed E-state index contributed by atoms with van der Waals surface area (Å²) in [5.74, 6) is -1.09. The van der Waals surface area contributed by atoms with Gasteiger partial charge < -0.3 is 5.11 Å². The number of carboxylic acids is 1. The van der Waals surface area contributed by atoms with E-state index in [1.165, 1.54) is 30.4 Å². The fourth-order valence-corrected chi connectivity index (χ4v) is 3.45. The third-order valence-electron chi connectivity index (χ3n) is 4.90. The maximum absolute atomic E-state index is 11.0.